The maximum atomic E-state index is 6.74. The Labute approximate surface area is 265 Å². The molecule has 0 amide bonds. The molecule has 9 rings (SSSR count). The van der Waals surface area contributed by atoms with Gasteiger partial charge in [0.2, 0.25) is 0 Å². The van der Waals surface area contributed by atoms with Crippen LogP contribution in [0.15, 0.2) is 133 Å². The number of hydrogen-bond acceptors (Lipinski definition) is 3. The number of hydrogen-bond donors (Lipinski definition) is 0. The van der Waals surface area contributed by atoms with Crippen LogP contribution in [-0.4, -0.2) is 18.3 Å². The SMILES string of the molecule is CC1(C)OB(c2cccc3c2-c2cc4ccccc4cc2C32c3ccccc3N(c3ccccc3)c3ccccc32)OC1(C)C. The molecule has 0 unspecified atom stereocenters. The van der Waals surface area contributed by atoms with E-state index < -0.39 is 23.7 Å². The Morgan fingerprint density at radius 1 is 0.511 bits per heavy atom. The molecule has 2 aliphatic heterocycles. The molecule has 218 valence electrons. The number of fused-ring (bicyclic) bond motifs is 10. The predicted octanol–water partition coefficient (Wildman–Crippen LogP) is 9.29. The van der Waals surface area contributed by atoms with Crippen molar-refractivity contribution in [3.05, 3.63) is 156 Å². The van der Waals surface area contributed by atoms with E-state index in [4.69, 9.17) is 9.31 Å². The third-order valence-electron chi connectivity index (χ3n) is 10.7. The summed E-state index contributed by atoms with van der Waals surface area (Å²) < 4.78 is 13.5. The lowest BCUT2D eigenvalue weighted by molar-refractivity contribution is 0.00578. The summed E-state index contributed by atoms with van der Waals surface area (Å²) in [7, 11) is -0.477. The topological polar surface area (TPSA) is 21.7 Å². The van der Waals surface area contributed by atoms with Gasteiger partial charge in [0.1, 0.15) is 0 Å². The molecule has 0 radical (unpaired) electrons. The monoisotopic (exact) mass is 583 g/mol. The van der Waals surface area contributed by atoms with Crippen LogP contribution in [0.2, 0.25) is 0 Å². The van der Waals surface area contributed by atoms with Crippen molar-refractivity contribution in [1.82, 2.24) is 0 Å². The van der Waals surface area contributed by atoms with Crippen LogP contribution < -0.4 is 10.4 Å². The highest BCUT2D eigenvalue weighted by Gasteiger charge is 2.56. The van der Waals surface area contributed by atoms with Gasteiger partial charge in [0.05, 0.1) is 28.0 Å². The summed E-state index contributed by atoms with van der Waals surface area (Å²) in [4.78, 5) is 2.42. The van der Waals surface area contributed by atoms with E-state index in [2.05, 4.69) is 166 Å². The van der Waals surface area contributed by atoms with E-state index in [1.54, 1.807) is 0 Å². The highest BCUT2D eigenvalue weighted by atomic mass is 16.7. The summed E-state index contributed by atoms with van der Waals surface area (Å²) in [6.45, 7) is 8.52. The van der Waals surface area contributed by atoms with Gasteiger partial charge < -0.3 is 14.2 Å². The molecule has 0 aromatic heterocycles. The van der Waals surface area contributed by atoms with Crippen LogP contribution in [0.1, 0.15) is 49.9 Å². The molecule has 1 saturated heterocycles. The van der Waals surface area contributed by atoms with Gasteiger partial charge in [-0.15, -0.1) is 0 Å². The molecule has 6 aromatic carbocycles. The molecule has 0 atom stereocenters. The van der Waals surface area contributed by atoms with Gasteiger partial charge in [-0.1, -0.05) is 97.1 Å². The van der Waals surface area contributed by atoms with E-state index in [0.29, 0.717) is 0 Å². The summed E-state index contributed by atoms with van der Waals surface area (Å²) >= 11 is 0. The van der Waals surface area contributed by atoms with E-state index in [-0.39, 0.29) is 0 Å². The first-order chi connectivity index (χ1) is 21.8. The maximum absolute atomic E-state index is 6.74. The zero-order valence-electron chi connectivity index (χ0n) is 26.0. The maximum Gasteiger partial charge on any atom is 0.495 e. The van der Waals surface area contributed by atoms with Crippen LogP contribution in [0, 0.1) is 0 Å². The van der Waals surface area contributed by atoms with Crippen LogP contribution in [0.3, 0.4) is 0 Å². The first kappa shape index (κ1) is 26.7. The quantitative estimate of drug-likeness (QED) is 0.189. The predicted molar refractivity (Wildman–Crippen MR) is 185 cm³/mol. The molecule has 0 saturated carbocycles. The smallest absolute Gasteiger partial charge is 0.399 e. The zero-order valence-corrected chi connectivity index (χ0v) is 26.0. The van der Waals surface area contributed by atoms with Crippen molar-refractivity contribution in [2.45, 2.75) is 44.3 Å². The van der Waals surface area contributed by atoms with Gasteiger partial charge in [-0.25, -0.2) is 0 Å². The Kier molecular flexibility index (Phi) is 5.47. The summed E-state index contributed by atoms with van der Waals surface area (Å²) in [6.07, 6.45) is 0. The summed E-state index contributed by atoms with van der Waals surface area (Å²) in [5.74, 6) is 0. The molecule has 1 fully saturated rings. The lowest BCUT2D eigenvalue weighted by atomic mass is 9.64. The highest BCUT2D eigenvalue weighted by molar-refractivity contribution is 6.64. The minimum Gasteiger partial charge on any atom is -0.399 e. The van der Waals surface area contributed by atoms with Gasteiger partial charge in [0.15, 0.2) is 0 Å². The molecule has 3 nitrogen and oxygen atoms in total. The van der Waals surface area contributed by atoms with Gasteiger partial charge in [0.25, 0.3) is 0 Å². The minimum absolute atomic E-state index is 0.441. The van der Waals surface area contributed by atoms with E-state index in [1.807, 2.05) is 0 Å². The van der Waals surface area contributed by atoms with Crippen LogP contribution >= 0.6 is 0 Å². The molecule has 0 bridgehead atoms. The molecule has 3 aliphatic rings. The number of nitrogens with zero attached hydrogens (tertiary/aromatic N) is 1. The molecule has 0 N–H and O–H groups in total. The summed E-state index contributed by atoms with van der Waals surface area (Å²) in [6, 6.07) is 48.9. The third kappa shape index (κ3) is 3.50. The van der Waals surface area contributed by atoms with Gasteiger partial charge in [-0.05, 0) is 114 Å². The van der Waals surface area contributed by atoms with Crippen molar-refractivity contribution in [3.8, 4) is 11.1 Å². The molecule has 1 aliphatic carbocycles. The highest BCUT2D eigenvalue weighted by Crippen LogP contribution is 2.63. The molecule has 45 heavy (non-hydrogen) atoms. The fourth-order valence-electron chi connectivity index (χ4n) is 7.93. The summed E-state index contributed by atoms with van der Waals surface area (Å²) in [5, 5.41) is 2.47. The zero-order chi connectivity index (χ0) is 30.6. The Balaban J connectivity index is 1.42. The Morgan fingerprint density at radius 3 is 1.69 bits per heavy atom. The Hall–Kier alpha value is -4.64. The van der Waals surface area contributed by atoms with Crippen molar-refractivity contribution in [2.24, 2.45) is 0 Å². The fraction of sp³-hybridized carbons (Fsp3) is 0.171. The van der Waals surface area contributed by atoms with Gasteiger partial charge in [-0.3, -0.25) is 0 Å². The molecule has 1 spiro atoms. The Bertz CT molecular complexity index is 2090. The van der Waals surface area contributed by atoms with Crippen LogP contribution in [0.25, 0.3) is 21.9 Å². The second-order valence-electron chi connectivity index (χ2n) is 13.6. The summed E-state index contributed by atoms with van der Waals surface area (Å²) in [5.41, 5.74) is 10.8. The normalized spacial score (nSPS) is 18.0. The number of benzene rings is 6. The van der Waals surface area contributed by atoms with E-state index in [9.17, 15) is 0 Å². The standard InChI is InChI=1S/C41H34BNO2/c1-39(2)40(3,4)45-42(44-39)35-22-14-21-33-38(35)30-25-27-15-8-9-16-28(27)26-34(30)41(33)31-19-10-12-23-36(31)43(29-17-6-5-7-18-29)37-24-13-11-20-32(37)41/h5-26H,1-4H3. The average Bonchev–Trinajstić information content (AvgIpc) is 3.46. The van der Waals surface area contributed by atoms with Crippen molar-refractivity contribution in [2.75, 3.05) is 4.90 Å². The van der Waals surface area contributed by atoms with Gasteiger partial charge in [-0.2, -0.15) is 0 Å². The largest absolute Gasteiger partial charge is 0.495 e. The van der Waals surface area contributed by atoms with Crippen LogP contribution in [0.4, 0.5) is 17.1 Å². The van der Waals surface area contributed by atoms with Crippen LogP contribution in [-0.2, 0) is 14.7 Å². The first-order valence-corrected chi connectivity index (χ1v) is 15.9. The fourth-order valence-corrected chi connectivity index (χ4v) is 7.93. The van der Waals surface area contributed by atoms with Gasteiger partial charge in [0, 0.05) is 5.69 Å². The third-order valence-corrected chi connectivity index (χ3v) is 10.7. The average molecular weight is 584 g/mol. The van der Waals surface area contributed by atoms with E-state index >= 15 is 0 Å². The van der Waals surface area contributed by atoms with Crippen molar-refractivity contribution in [3.63, 3.8) is 0 Å². The molecule has 6 aromatic rings. The number of anilines is 3. The van der Waals surface area contributed by atoms with Gasteiger partial charge >= 0.3 is 7.12 Å². The second kappa shape index (κ2) is 9.20. The van der Waals surface area contributed by atoms with E-state index in [0.717, 1.165) is 11.2 Å². The molecule has 2 heterocycles. The second-order valence-corrected chi connectivity index (χ2v) is 13.6. The van der Waals surface area contributed by atoms with Crippen LogP contribution in [0.5, 0.6) is 0 Å². The van der Waals surface area contributed by atoms with Crippen molar-refractivity contribution in [1.29, 1.82) is 0 Å². The minimum atomic E-state index is -0.535. The van der Waals surface area contributed by atoms with Crippen molar-refractivity contribution < 1.29 is 9.31 Å². The van der Waals surface area contributed by atoms with Crippen molar-refractivity contribution >= 4 is 40.4 Å². The number of para-hydroxylation sites is 3. The first-order valence-electron chi connectivity index (χ1n) is 15.9. The lowest BCUT2D eigenvalue weighted by Gasteiger charge is -2.45. The molecular formula is C41H34BNO2. The van der Waals surface area contributed by atoms with E-state index in [1.165, 1.54) is 55.5 Å². The molecule has 4 heteroatoms. The number of rotatable bonds is 2. The molecular weight excluding hydrogens is 549 g/mol. The Morgan fingerprint density at radius 2 is 1.04 bits per heavy atom. The lowest BCUT2D eigenvalue weighted by Crippen LogP contribution is -2.41.